The highest BCUT2D eigenvalue weighted by molar-refractivity contribution is 7.91. The maximum absolute atomic E-state index is 12.0. The molecule has 0 radical (unpaired) electrons. The first-order valence-corrected chi connectivity index (χ1v) is 7.90. The second kappa shape index (κ2) is 4.59. The highest BCUT2D eigenvalue weighted by atomic mass is 32.2. The summed E-state index contributed by atoms with van der Waals surface area (Å²) in [6.07, 6.45) is 0.943. The lowest BCUT2D eigenvalue weighted by atomic mass is 10.0. The number of hydrogen-bond acceptors (Lipinski definition) is 5. The van der Waals surface area contributed by atoms with Crippen LogP contribution in [0.1, 0.15) is 26.2 Å². The number of sulfone groups is 1. The predicted octanol–water partition coefficient (Wildman–Crippen LogP) is -0.712. The Morgan fingerprint density at radius 2 is 2.11 bits per heavy atom. The van der Waals surface area contributed by atoms with E-state index in [0.29, 0.717) is 6.42 Å². The van der Waals surface area contributed by atoms with Crippen LogP contribution in [-0.4, -0.2) is 55.0 Å². The van der Waals surface area contributed by atoms with Gasteiger partial charge in [-0.05, 0) is 13.3 Å². The molecule has 0 saturated carbocycles. The van der Waals surface area contributed by atoms with Crippen molar-refractivity contribution in [1.29, 1.82) is 0 Å². The second-order valence-corrected chi connectivity index (χ2v) is 7.50. The van der Waals surface area contributed by atoms with Crippen LogP contribution >= 0.6 is 0 Å². The first-order chi connectivity index (χ1) is 8.71. The van der Waals surface area contributed by atoms with Gasteiger partial charge in [0.25, 0.3) is 5.91 Å². The fourth-order valence-corrected chi connectivity index (χ4v) is 4.38. The number of carbonyl (C=O) groups is 2. The predicted molar refractivity (Wildman–Crippen MR) is 69.3 cm³/mol. The zero-order valence-corrected chi connectivity index (χ0v) is 11.8. The molecule has 2 amide bonds. The molecule has 0 aromatic heterocycles. The third-order valence-electron chi connectivity index (χ3n) is 3.39. The van der Waals surface area contributed by atoms with Crippen molar-refractivity contribution >= 4 is 27.4 Å². The molecule has 0 aromatic carbocycles. The Kier molecular flexibility index (Phi) is 3.38. The summed E-state index contributed by atoms with van der Waals surface area (Å²) in [5.74, 6) is -0.479. The Hall–Kier alpha value is -1.44. The standard InChI is InChI=1S/C11H17N3O4S/c1-11(5-6-19(17,18)7-11)12-10(16)8-3-4-9(15)14(2)13-8/h3-7H2,1-2H3,(H,12,16)/t11-/m0/s1. The van der Waals surface area contributed by atoms with Crippen LogP contribution in [0, 0.1) is 0 Å². The van der Waals surface area contributed by atoms with Crippen molar-refractivity contribution < 1.29 is 18.0 Å². The van der Waals surface area contributed by atoms with E-state index in [4.69, 9.17) is 0 Å². The van der Waals surface area contributed by atoms with Crippen molar-refractivity contribution in [3.8, 4) is 0 Å². The Bertz CT molecular complexity index is 554. The molecule has 1 saturated heterocycles. The average Bonchev–Trinajstić information content (AvgIpc) is 2.56. The zero-order chi connectivity index (χ0) is 14.3. The molecule has 2 heterocycles. The number of carbonyl (C=O) groups excluding carboxylic acids is 2. The quantitative estimate of drug-likeness (QED) is 0.725. The van der Waals surface area contributed by atoms with E-state index in [0.717, 1.165) is 5.01 Å². The molecule has 1 atom stereocenters. The average molecular weight is 287 g/mol. The summed E-state index contributed by atoms with van der Waals surface area (Å²) in [7, 11) is -1.57. The number of amides is 2. The Morgan fingerprint density at radius 1 is 1.42 bits per heavy atom. The molecule has 106 valence electrons. The van der Waals surface area contributed by atoms with Crippen LogP contribution in [0.2, 0.25) is 0 Å². The van der Waals surface area contributed by atoms with Crippen LogP contribution < -0.4 is 5.32 Å². The SMILES string of the molecule is CN1N=C(C(=O)N[C@@]2(C)CCS(=O)(=O)C2)CCC1=O. The second-order valence-electron chi connectivity index (χ2n) is 5.32. The minimum Gasteiger partial charge on any atom is -0.345 e. The molecule has 7 nitrogen and oxygen atoms in total. The summed E-state index contributed by atoms with van der Waals surface area (Å²) in [5.41, 5.74) is -0.467. The topological polar surface area (TPSA) is 95.9 Å². The lowest BCUT2D eigenvalue weighted by Gasteiger charge is -2.26. The van der Waals surface area contributed by atoms with E-state index in [2.05, 4.69) is 10.4 Å². The van der Waals surface area contributed by atoms with Gasteiger partial charge in [0, 0.05) is 19.9 Å². The van der Waals surface area contributed by atoms with Crippen molar-refractivity contribution in [2.45, 2.75) is 31.7 Å². The van der Waals surface area contributed by atoms with E-state index < -0.39 is 15.4 Å². The molecular weight excluding hydrogens is 270 g/mol. The Balaban J connectivity index is 2.06. The van der Waals surface area contributed by atoms with Gasteiger partial charge >= 0.3 is 0 Å². The van der Waals surface area contributed by atoms with Gasteiger partial charge in [0.05, 0.1) is 17.0 Å². The molecule has 8 heteroatoms. The molecule has 2 aliphatic rings. The van der Waals surface area contributed by atoms with E-state index in [1.54, 1.807) is 6.92 Å². The third kappa shape index (κ3) is 3.12. The lowest BCUT2D eigenvalue weighted by Crippen LogP contribution is -2.50. The normalized spacial score (nSPS) is 30.1. The largest absolute Gasteiger partial charge is 0.345 e. The first-order valence-electron chi connectivity index (χ1n) is 6.08. The highest BCUT2D eigenvalue weighted by Gasteiger charge is 2.40. The van der Waals surface area contributed by atoms with Gasteiger partial charge in [0.2, 0.25) is 5.91 Å². The van der Waals surface area contributed by atoms with Crippen LogP contribution in [0.25, 0.3) is 0 Å². The van der Waals surface area contributed by atoms with Gasteiger partial charge in [0.1, 0.15) is 5.71 Å². The van der Waals surface area contributed by atoms with Crippen molar-refractivity contribution in [3.05, 3.63) is 0 Å². The monoisotopic (exact) mass is 287 g/mol. The van der Waals surface area contributed by atoms with Crippen LogP contribution in [0.4, 0.5) is 0 Å². The van der Waals surface area contributed by atoms with Crippen LogP contribution in [-0.2, 0) is 19.4 Å². The molecule has 19 heavy (non-hydrogen) atoms. The minimum absolute atomic E-state index is 0.0478. The maximum Gasteiger partial charge on any atom is 0.267 e. The third-order valence-corrected chi connectivity index (χ3v) is 5.29. The van der Waals surface area contributed by atoms with Gasteiger partial charge in [0.15, 0.2) is 9.84 Å². The van der Waals surface area contributed by atoms with Crippen molar-refractivity contribution in [1.82, 2.24) is 10.3 Å². The lowest BCUT2D eigenvalue weighted by molar-refractivity contribution is -0.130. The summed E-state index contributed by atoms with van der Waals surface area (Å²) in [4.78, 5) is 23.3. The number of rotatable bonds is 2. The van der Waals surface area contributed by atoms with Crippen molar-refractivity contribution in [3.63, 3.8) is 0 Å². The summed E-state index contributed by atoms with van der Waals surface area (Å²) in [6, 6.07) is 0. The van der Waals surface area contributed by atoms with Crippen LogP contribution in [0.3, 0.4) is 0 Å². The zero-order valence-electron chi connectivity index (χ0n) is 11.0. The van der Waals surface area contributed by atoms with E-state index in [1.165, 1.54) is 7.05 Å². The number of hydrazone groups is 1. The van der Waals surface area contributed by atoms with Gasteiger partial charge < -0.3 is 5.32 Å². The summed E-state index contributed by atoms with van der Waals surface area (Å²) in [6.45, 7) is 1.72. The molecule has 0 aromatic rings. The van der Waals surface area contributed by atoms with Gasteiger partial charge in [-0.15, -0.1) is 0 Å². The highest BCUT2D eigenvalue weighted by Crippen LogP contribution is 2.23. The molecule has 1 N–H and O–H groups in total. The smallest absolute Gasteiger partial charge is 0.267 e. The Morgan fingerprint density at radius 3 is 2.63 bits per heavy atom. The first kappa shape index (κ1) is 14.0. The van der Waals surface area contributed by atoms with Crippen LogP contribution in [0.15, 0.2) is 5.10 Å². The van der Waals surface area contributed by atoms with Crippen LogP contribution in [0.5, 0.6) is 0 Å². The van der Waals surface area contributed by atoms with Gasteiger partial charge in [-0.3, -0.25) is 9.59 Å². The van der Waals surface area contributed by atoms with E-state index in [-0.39, 0.29) is 41.9 Å². The van der Waals surface area contributed by atoms with E-state index >= 15 is 0 Å². The molecule has 1 fully saturated rings. The van der Waals surface area contributed by atoms with E-state index in [1.807, 2.05) is 0 Å². The number of nitrogens with zero attached hydrogens (tertiary/aromatic N) is 2. The molecule has 0 unspecified atom stereocenters. The molecular formula is C11H17N3O4S. The van der Waals surface area contributed by atoms with Crippen molar-refractivity contribution in [2.75, 3.05) is 18.6 Å². The molecule has 2 aliphatic heterocycles. The van der Waals surface area contributed by atoms with Gasteiger partial charge in [-0.25, -0.2) is 13.4 Å². The molecule has 0 aliphatic carbocycles. The number of nitrogens with one attached hydrogen (secondary N) is 1. The molecule has 0 bridgehead atoms. The van der Waals surface area contributed by atoms with Gasteiger partial charge in [-0.2, -0.15) is 5.10 Å². The molecule has 0 spiro atoms. The van der Waals surface area contributed by atoms with Gasteiger partial charge in [-0.1, -0.05) is 0 Å². The summed E-state index contributed by atoms with van der Waals surface area (Å²) < 4.78 is 22.9. The van der Waals surface area contributed by atoms with Crippen molar-refractivity contribution in [2.24, 2.45) is 5.10 Å². The van der Waals surface area contributed by atoms with E-state index in [9.17, 15) is 18.0 Å². The fourth-order valence-electron chi connectivity index (χ4n) is 2.29. The fraction of sp³-hybridized carbons (Fsp3) is 0.727. The summed E-state index contributed by atoms with van der Waals surface area (Å²) >= 11 is 0. The Labute approximate surface area is 112 Å². The number of hydrogen-bond donors (Lipinski definition) is 1. The maximum atomic E-state index is 12.0. The molecule has 2 rings (SSSR count). The summed E-state index contributed by atoms with van der Waals surface area (Å²) in [5, 5.41) is 7.79. The minimum atomic E-state index is -3.07.